The van der Waals surface area contributed by atoms with E-state index in [0.717, 1.165) is 5.56 Å². The van der Waals surface area contributed by atoms with Gasteiger partial charge in [0, 0.05) is 23.5 Å². The van der Waals surface area contributed by atoms with E-state index in [-0.39, 0.29) is 23.1 Å². The van der Waals surface area contributed by atoms with E-state index in [0.29, 0.717) is 33.1 Å². The van der Waals surface area contributed by atoms with Crippen molar-refractivity contribution in [3.05, 3.63) is 108 Å². The van der Waals surface area contributed by atoms with Crippen molar-refractivity contribution in [2.75, 3.05) is 24.2 Å². The van der Waals surface area contributed by atoms with Crippen molar-refractivity contribution in [2.45, 2.75) is 55.5 Å². The van der Waals surface area contributed by atoms with Crippen LogP contribution in [0.1, 0.15) is 41.6 Å². The molecule has 0 bridgehead atoms. The molecule has 2 aromatic carbocycles. The minimum absolute atomic E-state index is 0.0869. The van der Waals surface area contributed by atoms with Gasteiger partial charge in [-0.25, -0.2) is 24.3 Å². The third-order valence-electron chi connectivity index (χ3n) is 9.71. The summed E-state index contributed by atoms with van der Waals surface area (Å²) < 4.78 is 27.3. The third-order valence-corrected chi connectivity index (χ3v) is 9.71. The van der Waals surface area contributed by atoms with Crippen LogP contribution in [-0.4, -0.2) is 119 Å². The molecule has 8 rings (SSSR count). The van der Waals surface area contributed by atoms with Gasteiger partial charge in [0.2, 0.25) is 0 Å². The number of aliphatic hydroxyl groups is 6. The first-order chi connectivity index (χ1) is 28.0. The van der Waals surface area contributed by atoms with E-state index in [4.69, 9.17) is 9.47 Å². The number of aliphatic hydroxyl groups excluding tert-OH is 5. The highest BCUT2D eigenvalue weighted by atomic mass is 19.1. The summed E-state index contributed by atoms with van der Waals surface area (Å²) in [5, 5.41) is 80.0. The van der Waals surface area contributed by atoms with Crippen molar-refractivity contribution in [1.29, 1.82) is 0 Å². The molecule has 19 heteroatoms. The number of anilines is 2. The standard InChI is InChI=1S/C20H20N4O5.C19H17FN4O5/c1-20(27)16(26)14(10-25)29-19(20)24-9-13(8-7-12-5-3-2-4-6-12)15-17(23-28)21-11-22-18(15)24;20-12-5-2-10(3-6-12)1-4-11-7-24(18-14(11)17(23-28)21-9-22-18)19-16(27)15(26)13(8-25)29-19/h2-6,9,11,14,16,19,25-28H,10H2,1H3,(H,21,22,23);2-3,5-7,9,13,15-16,19,25-28H,8H2,(H,21,22,23)/t14?,16?,19?,20-;/m1./s1. The fourth-order valence-electron chi connectivity index (χ4n) is 6.74. The molecule has 2 fully saturated rings. The Morgan fingerprint density at radius 1 is 0.707 bits per heavy atom. The highest BCUT2D eigenvalue weighted by Gasteiger charge is 2.53. The molecule has 0 aliphatic carbocycles. The normalized spacial score (nSPS) is 25.0. The van der Waals surface area contributed by atoms with Gasteiger partial charge in [-0.05, 0) is 43.3 Å². The van der Waals surface area contributed by atoms with E-state index in [2.05, 4.69) is 43.6 Å². The minimum Gasteiger partial charge on any atom is -0.394 e. The van der Waals surface area contributed by atoms with Gasteiger partial charge in [0.05, 0.1) is 35.1 Å². The van der Waals surface area contributed by atoms with E-state index < -0.39 is 61.8 Å². The number of aromatic nitrogens is 6. The van der Waals surface area contributed by atoms with Crippen LogP contribution in [0.3, 0.4) is 0 Å². The Balaban J connectivity index is 0.000000177. The summed E-state index contributed by atoms with van der Waals surface area (Å²) in [6, 6.07) is 15.0. The topological polar surface area (TPSA) is 266 Å². The molecule has 2 aliphatic rings. The van der Waals surface area contributed by atoms with Crippen LogP contribution in [0.15, 0.2) is 79.6 Å². The summed E-state index contributed by atoms with van der Waals surface area (Å²) in [4.78, 5) is 16.4. The number of ether oxygens (including phenoxy) is 2. The van der Waals surface area contributed by atoms with Crippen molar-refractivity contribution < 1.29 is 54.9 Å². The van der Waals surface area contributed by atoms with Crippen LogP contribution in [0, 0.1) is 29.5 Å². The number of nitrogens with one attached hydrogen (secondary N) is 2. The summed E-state index contributed by atoms with van der Waals surface area (Å²) >= 11 is 0. The lowest BCUT2D eigenvalue weighted by atomic mass is 9.96. The zero-order chi connectivity index (χ0) is 41.1. The highest BCUT2D eigenvalue weighted by Crippen LogP contribution is 2.41. The molecule has 0 amide bonds. The summed E-state index contributed by atoms with van der Waals surface area (Å²) in [6.45, 7) is 0.501. The summed E-state index contributed by atoms with van der Waals surface area (Å²) in [6.07, 6.45) is -2.29. The SMILES string of the molecule is C[C@@]1(O)C(O)C(CO)OC1n1cc(C#Cc2ccccc2)c2c(NO)ncnc21.OCC1OC(n2cc(C#Cc3ccc(F)cc3)c3c(NO)ncnc32)C(O)C1O. The quantitative estimate of drug-likeness (QED) is 0.0833. The molecule has 0 radical (unpaired) electrons. The van der Waals surface area contributed by atoms with Gasteiger partial charge in [-0.3, -0.25) is 21.4 Å². The first-order valence-corrected chi connectivity index (χ1v) is 17.7. The number of hydrogen-bond donors (Lipinski definition) is 10. The maximum absolute atomic E-state index is 13.1. The fourth-order valence-corrected chi connectivity index (χ4v) is 6.74. The average molecular weight is 797 g/mol. The Kier molecular flexibility index (Phi) is 11.6. The van der Waals surface area contributed by atoms with Crippen LogP contribution in [0.5, 0.6) is 0 Å². The van der Waals surface area contributed by atoms with E-state index >= 15 is 0 Å². The maximum Gasteiger partial charge on any atom is 0.167 e. The predicted octanol–water partition coefficient (Wildman–Crippen LogP) is 1.02. The molecule has 0 saturated carbocycles. The van der Waals surface area contributed by atoms with Crippen LogP contribution in [0.25, 0.3) is 22.1 Å². The van der Waals surface area contributed by atoms with Crippen molar-refractivity contribution in [3.8, 4) is 23.7 Å². The van der Waals surface area contributed by atoms with Crippen LogP contribution in [0.2, 0.25) is 0 Å². The monoisotopic (exact) mass is 796 g/mol. The maximum atomic E-state index is 13.1. The van der Waals surface area contributed by atoms with E-state index in [9.17, 15) is 45.4 Å². The third kappa shape index (κ3) is 7.54. The van der Waals surface area contributed by atoms with Gasteiger partial charge in [0.15, 0.2) is 24.1 Å². The predicted molar refractivity (Wildman–Crippen MR) is 201 cm³/mol. The molecule has 58 heavy (non-hydrogen) atoms. The minimum atomic E-state index is -1.69. The highest BCUT2D eigenvalue weighted by molar-refractivity contribution is 5.94. The Morgan fingerprint density at radius 2 is 1.24 bits per heavy atom. The van der Waals surface area contributed by atoms with Gasteiger partial charge in [-0.2, -0.15) is 0 Å². The first kappa shape index (κ1) is 40.1. The van der Waals surface area contributed by atoms with Gasteiger partial charge >= 0.3 is 0 Å². The molecule has 2 saturated heterocycles. The van der Waals surface area contributed by atoms with Crippen molar-refractivity contribution in [1.82, 2.24) is 29.1 Å². The van der Waals surface area contributed by atoms with E-state index in [1.54, 1.807) is 6.20 Å². The van der Waals surface area contributed by atoms with Crippen LogP contribution in [0.4, 0.5) is 16.0 Å². The number of rotatable bonds is 6. The van der Waals surface area contributed by atoms with E-state index in [1.807, 2.05) is 41.3 Å². The molecule has 6 heterocycles. The zero-order valence-electron chi connectivity index (χ0n) is 30.4. The Labute approximate surface area is 328 Å². The second-order valence-corrected chi connectivity index (χ2v) is 13.4. The molecule has 7 unspecified atom stereocenters. The molecule has 18 nitrogen and oxygen atoms in total. The number of nitrogens with zero attached hydrogens (tertiary/aromatic N) is 6. The molecular weight excluding hydrogens is 759 g/mol. The molecule has 300 valence electrons. The lowest BCUT2D eigenvalue weighted by molar-refractivity contribution is -0.0948. The molecular formula is C39H37FN8O10. The van der Waals surface area contributed by atoms with Gasteiger partial charge in [0.25, 0.3) is 0 Å². The van der Waals surface area contributed by atoms with Gasteiger partial charge < -0.3 is 49.2 Å². The van der Waals surface area contributed by atoms with E-state index in [1.165, 1.54) is 59.2 Å². The lowest BCUT2D eigenvalue weighted by Gasteiger charge is -2.27. The zero-order valence-corrected chi connectivity index (χ0v) is 30.4. The Hall–Kier alpha value is -6.07. The number of hydrogen-bond acceptors (Lipinski definition) is 16. The molecule has 8 atom stereocenters. The second-order valence-electron chi connectivity index (χ2n) is 13.4. The van der Waals surface area contributed by atoms with Gasteiger partial charge in [-0.1, -0.05) is 41.9 Å². The average Bonchev–Trinajstić information content (AvgIpc) is 3.96. The van der Waals surface area contributed by atoms with Gasteiger partial charge in [-0.15, -0.1) is 0 Å². The largest absolute Gasteiger partial charge is 0.394 e. The van der Waals surface area contributed by atoms with Gasteiger partial charge in [0.1, 0.15) is 65.9 Å². The van der Waals surface area contributed by atoms with Crippen molar-refractivity contribution >= 4 is 33.7 Å². The van der Waals surface area contributed by atoms with Crippen LogP contribution < -0.4 is 11.0 Å². The molecule has 6 aromatic rings. The fraction of sp³-hybridized carbons (Fsp3) is 0.282. The lowest BCUT2D eigenvalue weighted by Crippen LogP contribution is -2.44. The summed E-state index contributed by atoms with van der Waals surface area (Å²) in [7, 11) is 0. The second kappa shape index (κ2) is 16.8. The number of fused-ring (bicyclic) bond motifs is 2. The van der Waals surface area contributed by atoms with Crippen molar-refractivity contribution in [3.63, 3.8) is 0 Å². The molecule has 4 aromatic heterocycles. The summed E-state index contributed by atoms with van der Waals surface area (Å²) in [5.74, 6) is 11.7. The van der Waals surface area contributed by atoms with Crippen molar-refractivity contribution in [2.24, 2.45) is 0 Å². The molecule has 0 spiro atoms. The number of halogens is 1. The smallest absolute Gasteiger partial charge is 0.167 e. The Bertz CT molecular complexity index is 2530. The van der Waals surface area contributed by atoms with Crippen LogP contribution >= 0.6 is 0 Å². The first-order valence-electron chi connectivity index (χ1n) is 17.7. The van der Waals surface area contributed by atoms with Crippen LogP contribution in [-0.2, 0) is 9.47 Å². The molecule has 10 N–H and O–H groups in total. The summed E-state index contributed by atoms with van der Waals surface area (Å²) in [5.41, 5.74) is 5.20. The molecule has 2 aliphatic heterocycles. The number of benzene rings is 2. The Morgan fingerprint density at radius 3 is 1.76 bits per heavy atom.